The van der Waals surface area contributed by atoms with Crippen molar-refractivity contribution in [3.8, 4) is 0 Å². The largest absolute Gasteiger partial charge is 0.350 e. The molecule has 0 bridgehead atoms. The summed E-state index contributed by atoms with van der Waals surface area (Å²) in [6, 6.07) is 14.4. The van der Waals surface area contributed by atoms with Crippen LogP contribution in [0.1, 0.15) is 5.56 Å². The zero-order valence-corrected chi connectivity index (χ0v) is 17.0. The number of rotatable bonds is 4. The number of aromatic nitrogens is 1. The fourth-order valence-corrected chi connectivity index (χ4v) is 4.10. The zero-order valence-electron chi connectivity index (χ0n) is 15.4. The number of amides is 3. The Labute approximate surface area is 176 Å². The maximum Gasteiger partial charge on any atom is 0.294 e. The number of halogens is 1. The summed E-state index contributed by atoms with van der Waals surface area (Å²) in [5.41, 5.74) is 2.41. The minimum atomic E-state index is -0.473. The first kappa shape index (κ1) is 19.3. The molecule has 4 rings (SSSR count). The molecule has 0 saturated carbocycles. The van der Waals surface area contributed by atoms with E-state index in [2.05, 4.69) is 5.32 Å². The molecule has 2 heterocycles. The first-order chi connectivity index (χ1) is 13.9. The highest BCUT2D eigenvalue weighted by Crippen LogP contribution is 2.33. The van der Waals surface area contributed by atoms with E-state index in [4.69, 9.17) is 11.6 Å². The van der Waals surface area contributed by atoms with E-state index < -0.39 is 17.1 Å². The lowest BCUT2D eigenvalue weighted by atomic mass is 10.1. The van der Waals surface area contributed by atoms with Gasteiger partial charge < -0.3 is 9.88 Å². The fourth-order valence-electron chi connectivity index (χ4n) is 3.14. The van der Waals surface area contributed by atoms with Crippen LogP contribution in [0.5, 0.6) is 0 Å². The van der Waals surface area contributed by atoms with Gasteiger partial charge in [0.15, 0.2) is 0 Å². The predicted octanol–water partition coefficient (Wildman–Crippen LogP) is 4.51. The number of carbonyl (C=O) groups excluding carboxylic acids is 3. The number of carbonyl (C=O) groups is 3. The Hall–Kier alpha value is -3.03. The Morgan fingerprint density at radius 1 is 1.14 bits per heavy atom. The summed E-state index contributed by atoms with van der Waals surface area (Å²) in [6.07, 6.45) is 3.61. The van der Waals surface area contributed by atoms with Crippen molar-refractivity contribution in [3.63, 3.8) is 0 Å². The summed E-state index contributed by atoms with van der Waals surface area (Å²) in [5, 5.41) is 3.73. The third kappa shape index (κ3) is 3.92. The van der Waals surface area contributed by atoms with Crippen LogP contribution in [-0.2, 0) is 16.6 Å². The number of hydrogen-bond donors (Lipinski definition) is 1. The van der Waals surface area contributed by atoms with Crippen LogP contribution in [0.15, 0.2) is 59.6 Å². The van der Waals surface area contributed by atoms with Crippen molar-refractivity contribution in [2.75, 3.05) is 11.9 Å². The molecule has 0 spiro atoms. The van der Waals surface area contributed by atoms with Crippen LogP contribution in [0.25, 0.3) is 17.0 Å². The van der Waals surface area contributed by atoms with Gasteiger partial charge in [0, 0.05) is 40.4 Å². The van der Waals surface area contributed by atoms with Crippen molar-refractivity contribution in [1.29, 1.82) is 0 Å². The average Bonchev–Trinajstić information content (AvgIpc) is 3.15. The second-order valence-electron chi connectivity index (χ2n) is 6.54. The third-order valence-corrected chi connectivity index (χ3v) is 5.68. The molecule has 146 valence electrons. The molecule has 0 unspecified atom stereocenters. The number of nitrogens with zero attached hydrogens (tertiary/aromatic N) is 2. The SMILES string of the molecule is Cn1cc(/C=C2/SC(=O)N(CC(=O)Nc3ccc(Cl)cc3)C2=O)c2ccccc21. The van der Waals surface area contributed by atoms with Crippen molar-refractivity contribution in [3.05, 3.63) is 70.2 Å². The molecule has 0 atom stereocenters. The maximum absolute atomic E-state index is 12.7. The van der Waals surface area contributed by atoms with Crippen molar-refractivity contribution in [2.45, 2.75) is 0 Å². The van der Waals surface area contributed by atoms with Crippen LogP contribution in [0.3, 0.4) is 0 Å². The first-order valence-electron chi connectivity index (χ1n) is 8.77. The zero-order chi connectivity index (χ0) is 20.5. The number of anilines is 1. The summed E-state index contributed by atoms with van der Waals surface area (Å²) < 4.78 is 1.96. The van der Waals surface area contributed by atoms with Gasteiger partial charge in [-0.15, -0.1) is 0 Å². The van der Waals surface area contributed by atoms with E-state index in [-0.39, 0.29) is 6.54 Å². The second kappa shape index (κ2) is 7.77. The maximum atomic E-state index is 12.7. The molecule has 1 aliphatic rings. The molecule has 1 aliphatic heterocycles. The molecule has 8 heteroatoms. The first-order valence-corrected chi connectivity index (χ1v) is 9.96. The van der Waals surface area contributed by atoms with E-state index in [0.29, 0.717) is 15.6 Å². The standard InChI is InChI=1S/C21H16ClN3O3S/c1-24-11-13(16-4-2-3-5-17(16)24)10-18-20(27)25(21(28)29-18)12-19(26)23-15-8-6-14(22)7-9-15/h2-11H,12H2,1H3,(H,23,26)/b18-10+. The molecular weight excluding hydrogens is 410 g/mol. The highest BCUT2D eigenvalue weighted by molar-refractivity contribution is 8.18. The Bertz CT molecular complexity index is 1170. The molecule has 3 aromatic rings. The van der Waals surface area contributed by atoms with E-state index in [0.717, 1.165) is 33.1 Å². The van der Waals surface area contributed by atoms with Crippen molar-refractivity contribution in [2.24, 2.45) is 7.05 Å². The van der Waals surface area contributed by atoms with E-state index in [9.17, 15) is 14.4 Å². The minimum absolute atomic E-state index is 0.297. The molecule has 29 heavy (non-hydrogen) atoms. The quantitative estimate of drug-likeness (QED) is 0.624. The number of aryl methyl sites for hydroxylation is 1. The van der Waals surface area contributed by atoms with Gasteiger partial charge in [0.1, 0.15) is 6.54 Å². The van der Waals surface area contributed by atoms with Gasteiger partial charge in [0.25, 0.3) is 11.1 Å². The molecule has 6 nitrogen and oxygen atoms in total. The molecular formula is C21H16ClN3O3S. The number of imide groups is 1. The average molecular weight is 426 g/mol. The van der Waals surface area contributed by atoms with Gasteiger partial charge in [-0.3, -0.25) is 19.3 Å². The summed E-state index contributed by atoms with van der Waals surface area (Å²) in [7, 11) is 1.92. The third-order valence-electron chi connectivity index (χ3n) is 4.52. The Morgan fingerprint density at radius 3 is 2.62 bits per heavy atom. The number of hydrogen-bond acceptors (Lipinski definition) is 4. The highest BCUT2D eigenvalue weighted by Gasteiger charge is 2.36. The summed E-state index contributed by atoms with van der Waals surface area (Å²) in [6.45, 7) is -0.347. The molecule has 0 aliphatic carbocycles. The number of benzene rings is 2. The van der Waals surface area contributed by atoms with Gasteiger partial charge >= 0.3 is 0 Å². The Balaban J connectivity index is 1.51. The lowest BCUT2D eigenvalue weighted by Gasteiger charge is -2.12. The lowest BCUT2D eigenvalue weighted by Crippen LogP contribution is -2.36. The molecule has 1 N–H and O–H groups in total. The van der Waals surface area contributed by atoms with Crippen LogP contribution >= 0.6 is 23.4 Å². The number of fused-ring (bicyclic) bond motifs is 1. The normalized spacial score (nSPS) is 15.5. The fraction of sp³-hybridized carbons (Fsp3) is 0.0952. The number of thioether (sulfide) groups is 1. The van der Waals surface area contributed by atoms with E-state index in [1.807, 2.05) is 42.1 Å². The van der Waals surface area contributed by atoms with Gasteiger partial charge in [0.05, 0.1) is 4.91 Å². The summed E-state index contributed by atoms with van der Waals surface area (Å²) in [5.74, 6) is -0.930. The van der Waals surface area contributed by atoms with Gasteiger partial charge in [-0.2, -0.15) is 0 Å². The van der Waals surface area contributed by atoms with Gasteiger partial charge in [-0.25, -0.2) is 0 Å². The van der Waals surface area contributed by atoms with Crippen molar-refractivity contribution >= 4 is 63.1 Å². The van der Waals surface area contributed by atoms with E-state index in [1.165, 1.54) is 0 Å². The molecule has 1 fully saturated rings. The molecule has 2 aromatic carbocycles. The van der Waals surface area contributed by atoms with Crippen LogP contribution < -0.4 is 5.32 Å². The van der Waals surface area contributed by atoms with Crippen molar-refractivity contribution in [1.82, 2.24) is 9.47 Å². The lowest BCUT2D eigenvalue weighted by molar-refractivity contribution is -0.127. The van der Waals surface area contributed by atoms with Crippen LogP contribution in [0, 0.1) is 0 Å². The Morgan fingerprint density at radius 2 is 1.86 bits per heavy atom. The summed E-state index contributed by atoms with van der Waals surface area (Å²) >= 11 is 6.66. The topological polar surface area (TPSA) is 71.4 Å². The summed E-state index contributed by atoms with van der Waals surface area (Å²) in [4.78, 5) is 38.5. The highest BCUT2D eigenvalue weighted by atomic mass is 35.5. The van der Waals surface area contributed by atoms with Gasteiger partial charge in [-0.05, 0) is 48.2 Å². The second-order valence-corrected chi connectivity index (χ2v) is 7.97. The van der Waals surface area contributed by atoms with E-state index >= 15 is 0 Å². The molecule has 0 radical (unpaired) electrons. The van der Waals surface area contributed by atoms with Crippen LogP contribution in [-0.4, -0.2) is 33.1 Å². The van der Waals surface area contributed by atoms with Crippen LogP contribution in [0.2, 0.25) is 5.02 Å². The monoisotopic (exact) mass is 425 g/mol. The van der Waals surface area contributed by atoms with Crippen LogP contribution in [0.4, 0.5) is 10.5 Å². The van der Waals surface area contributed by atoms with E-state index in [1.54, 1.807) is 30.3 Å². The molecule has 1 saturated heterocycles. The molecule has 1 aromatic heterocycles. The van der Waals surface area contributed by atoms with Gasteiger partial charge in [0.2, 0.25) is 5.91 Å². The smallest absolute Gasteiger partial charge is 0.294 e. The number of nitrogens with one attached hydrogen (secondary N) is 1. The van der Waals surface area contributed by atoms with Gasteiger partial charge in [-0.1, -0.05) is 29.8 Å². The Kier molecular flexibility index (Phi) is 5.17. The number of para-hydroxylation sites is 1. The molecule has 3 amide bonds. The van der Waals surface area contributed by atoms with Crippen molar-refractivity contribution < 1.29 is 14.4 Å². The predicted molar refractivity (Wildman–Crippen MR) is 116 cm³/mol. The minimum Gasteiger partial charge on any atom is -0.350 e.